The maximum atomic E-state index is 13.2. The van der Waals surface area contributed by atoms with E-state index >= 15 is 0 Å². The molecule has 1 aliphatic heterocycles. The highest BCUT2D eigenvalue weighted by molar-refractivity contribution is 7.90. The van der Waals surface area contributed by atoms with Gasteiger partial charge in [-0.25, -0.2) is 13.1 Å². The number of ether oxygens (including phenoxy) is 2. The Morgan fingerprint density at radius 2 is 1.97 bits per heavy atom. The van der Waals surface area contributed by atoms with Gasteiger partial charge in [-0.1, -0.05) is 32.9 Å². The van der Waals surface area contributed by atoms with Crippen LogP contribution in [0.3, 0.4) is 0 Å². The van der Waals surface area contributed by atoms with Crippen molar-refractivity contribution in [1.29, 1.82) is 0 Å². The first-order chi connectivity index (χ1) is 16.1. The number of methoxy groups -OCH3 is 1. The molecule has 0 radical (unpaired) electrons. The molecular formula is C25H29N3O5S. The number of rotatable bonds is 7. The summed E-state index contributed by atoms with van der Waals surface area (Å²) in [7, 11) is -2.77. The fraction of sp³-hybridized carbons (Fsp3) is 0.360. The third-order valence-electron chi connectivity index (χ3n) is 5.92. The molecule has 0 bridgehead atoms. The molecule has 1 N–H and O–H groups in total. The minimum atomic E-state index is -4.17. The molecule has 0 atom stereocenters. The van der Waals surface area contributed by atoms with E-state index in [0.717, 1.165) is 16.7 Å². The van der Waals surface area contributed by atoms with Crippen molar-refractivity contribution in [2.75, 3.05) is 20.3 Å². The quantitative estimate of drug-likeness (QED) is 0.552. The zero-order chi connectivity index (χ0) is 24.5. The summed E-state index contributed by atoms with van der Waals surface area (Å²) >= 11 is 0. The maximum Gasteiger partial charge on any atom is 0.268 e. The van der Waals surface area contributed by atoms with Gasteiger partial charge in [0, 0.05) is 23.9 Å². The number of nitrogens with one attached hydrogen (secondary N) is 1. The second kappa shape index (κ2) is 9.23. The smallest absolute Gasteiger partial charge is 0.268 e. The number of nitrogens with zero attached hydrogens (tertiary/aromatic N) is 2. The van der Waals surface area contributed by atoms with Crippen LogP contribution in [0.2, 0.25) is 0 Å². The highest BCUT2D eigenvalue weighted by Crippen LogP contribution is 2.32. The lowest BCUT2D eigenvalue weighted by molar-refractivity contribution is 0.00800. The Labute approximate surface area is 199 Å². The predicted molar refractivity (Wildman–Crippen MR) is 128 cm³/mol. The Bertz CT molecular complexity index is 1290. The lowest BCUT2D eigenvalue weighted by Gasteiger charge is -2.28. The Morgan fingerprint density at radius 3 is 2.56 bits per heavy atom. The molecule has 1 aliphatic rings. The monoisotopic (exact) mass is 483 g/mol. The average Bonchev–Trinajstić information content (AvgIpc) is 3.25. The van der Waals surface area contributed by atoms with Gasteiger partial charge in [-0.05, 0) is 52.4 Å². The number of amides is 1. The van der Waals surface area contributed by atoms with Crippen molar-refractivity contribution >= 4 is 15.9 Å². The number of hydrogen-bond acceptors (Lipinski definition) is 6. The first kappa shape index (κ1) is 24.0. The highest BCUT2D eigenvalue weighted by atomic mass is 32.2. The Hall–Kier alpha value is -3.17. The molecule has 0 saturated carbocycles. The number of carbonyl (C=O) groups is 1. The largest absolute Gasteiger partial charge is 0.495 e. The molecule has 9 heteroatoms. The van der Waals surface area contributed by atoms with Crippen molar-refractivity contribution in [2.24, 2.45) is 0 Å². The minimum Gasteiger partial charge on any atom is -0.495 e. The third-order valence-corrected chi connectivity index (χ3v) is 7.28. The molecule has 0 unspecified atom stereocenters. The Morgan fingerprint density at radius 1 is 1.21 bits per heavy atom. The zero-order valence-electron chi connectivity index (χ0n) is 19.7. The summed E-state index contributed by atoms with van der Waals surface area (Å²) in [6.45, 7) is 7.63. The number of benzene rings is 2. The van der Waals surface area contributed by atoms with Crippen molar-refractivity contribution in [3.05, 3.63) is 77.1 Å². The van der Waals surface area contributed by atoms with Crippen LogP contribution in [0, 0.1) is 0 Å². The molecule has 2 heterocycles. The topological polar surface area (TPSA) is 99.5 Å². The summed E-state index contributed by atoms with van der Waals surface area (Å²) in [6, 6.07) is 12.1. The summed E-state index contributed by atoms with van der Waals surface area (Å²) < 4.78 is 41.0. The van der Waals surface area contributed by atoms with Crippen LogP contribution in [0.25, 0.3) is 0 Å². The summed E-state index contributed by atoms with van der Waals surface area (Å²) in [4.78, 5) is 13.0. The predicted octanol–water partition coefficient (Wildman–Crippen LogP) is 3.47. The second-order valence-electron chi connectivity index (χ2n) is 9.40. The summed E-state index contributed by atoms with van der Waals surface area (Å²) in [5.41, 5.74) is 2.78. The number of carbonyl (C=O) groups excluding carboxylic acids is 1. The molecule has 1 fully saturated rings. The minimum absolute atomic E-state index is 0.0707. The molecule has 0 spiro atoms. The second-order valence-corrected chi connectivity index (χ2v) is 11.1. The molecule has 1 amide bonds. The van der Waals surface area contributed by atoms with E-state index in [1.165, 1.54) is 7.11 Å². The Balaban J connectivity index is 1.63. The number of hydrogen-bond donors (Lipinski definition) is 1. The molecule has 8 nitrogen and oxygen atoms in total. The van der Waals surface area contributed by atoms with Gasteiger partial charge in [0.05, 0.1) is 26.9 Å². The van der Waals surface area contributed by atoms with Crippen LogP contribution in [0.15, 0.2) is 59.8 Å². The van der Waals surface area contributed by atoms with Gasteiger partial charge in [0.25, 0.3) is 15.9 Å². The van der Waals surface area contributed by atoms with Crippen LogP contribution in [-0.4, -0.2) is 44.4 Å². The zero-order valence-corrected chi connectivity index (χ0v) is 20.6. The first-order valence-electron chi connectivity index (χ1n) is 11.0. The molecular weight excluding hydrogens is 454 g/mol. The van der Waals surface area contributed by atoms with Crippen LogP contribution in [-0.2, 0) is 26.7 Å². The van der Waals surface area contributed by atoms with Gasteiger partial charge in [0.1, 0.15) is 10.6 Å². The highest BCUT2D eigenvalue weighted by Gasteiger charge is 2.28. The lowest BCUT2D eigenvalue weighted by Crippen LogP contribution is -2.32. The van der Waals surface area contributed by atoms with Crippen molar-refractivity contribution < 1.29 is 22.7 Å². The van der Waals surface area contributed by atoms with E-state index in [4.69, 9.17) is 9.47 Å². The molecule has 180 valence electrons. The van der Waals surface area contributed by atoms with Crippen molar-refractivity contribution in [2.45, 2.75) is 43.5 Å². The normalized spacial score (nSPS) is 14.5. The molecule has 34 heavy (non-hydrogen) atoms. The van der Waals surface area contributed by atoms with Crippen LogP contribution in [0.1, 0.15) is 53.7 Å². The van der Waals surface area contributed by atoms with E-state index in [9.17, 15) is 13.2 Å². The Kier molecular flexibility index (Phi) is 6.51. The third kappa shape index (κ3) is 5.00. The van der Waals surface area contributed by atoms with E-state index in [-0.39, 0.29) is 27.5 Å². The molecule has 4 rings (SSSR count). The van der Waals surface area contributed by atoms with E-state index in [2.05, 4.69) is 9.82 Å². The van der Waals surface area contributed by atoms with Gasteiger partial charge in [-0.2, -0.15) is 5.10 Å². The van der Waals surface area contributed by atoms with Gasteiger partial charge in [-0.3, -0.25) is 9.48 Å². The molecule has 1 aromatic heterocycles. The first-order valence-corrected chi connectivity index (χ1v) is 12.5. The lowest BCUT2D eigenvalue weighted by atomic mass is 9.87. The summed E-state index contributed by atoms with van der Waals surface area (Å²) in [6.07, 6.45) is 3.58. The van der Waals surface area contributed by atoms with Gasteiger partial charge in [-0.15, -0.1) is 0 Å². The number of sulfonamides is 1. The van der Waals surface area contributed by atoms with E-state index in [1.54, 1.807) is 35.1 Å². The molecule has 1 saturated heterocycles. The van der Waals surface area contributed by atoms with Gasteiger partial charge in [0.2, 0.25) is 0 Å². The van der Waals surface area contributed by atoms with Crippen LogP contribution in [0.4, 0.5) is 0 Å². The van der Waals surface area contributed by atoms with Crippen molar-refractivity contribution in [1.82, 2.24) is 14.5 Å². The van der Waals surface area contributed by atoms with Crippen LogP contribution >= 0.6 is 0 Å². The number of aromatic nitrogens is 2. The fourth-order valence-corrected chi connectivity index (χ4v) is 5.00. The van der Waals surface area contributed by atoms with Crippen molar-refractivity contribution in [3.63, 3.8) is 0 Å². The SMILES string of the molecule is COc1ccc(C(C)(C)C)cc1S(=O)(=O)NC(=O)c1ccc(Cn2cccn2)c(C2COC2)c1. The van der Waals surface area contributed by atoms with E-state index < -0.39 is 15.9 Å². The standard InChI is InChI=1S/C25H29N3O5S/c1-25(2,3)20-8-9-22(32-4)23(13-20)34(30,31)27-24(29)17-6-7-18(14-28-11-5-10-26-28)21(12-17)19-15-33-16-19/h5-13,19H,14-16H2,1-4H3,(H,27,29). The average molecular weight is 484 g/mol. The maximum absolute atomic E-state index is 13.2. The molecule has 2 aromatic carbocycles. The van der Waals surface area contributed by atoms with Gasteiger partial charge >= 0.3 is 0 Å². The van der Waals surface area contributed by atoms with E-state index in [1.807, 2.05) is 45.2 Å². The van der Waals surface area contributed by atoms with Gasteiger partial charge < -0.3 is 9.47 Å². The summed E-state index contributed by atoms with van der Waals surface area (Å²) in [5, 5.41) is 4.25. The van der Waals surface area contributed by atoms with Crippen molar-refractivity contribution in [3.8, 4) is 5.75 Å². The molecule has 3 aromatic rings. The van der Waals surface area contributed by atoms with Gasteiger partial charge in [0.15, 0.2) is 0 Å². The van der Waals surface area contributed by atoms with Crippen LogP contribution in [0.5, 0.6) is 5.75 Å². The summed E-state index contributed by atoms with van der Waals surface area (Å²) in [5.74, 6) is -0.371. The van der Waals surface area contributed by atoms with E-state index in [0.29, 0.717) is 19.8 Å². The van der Waals surface area contributed by atoms with Crippen LogP contribution < -0.4 is 9.46 Å². The fourth-order valence-electron chi connectivity index (χ4n) is 3.83. The molecule has 0 aliphatic carbocycles.